The molecule has 0 aliphatic carbocycles. The average molecular weight is 185 g/mol. The van der Waals surface area contributed by atoms with E-state index in [9.17, 15) is 4.79 Å². The minimum Gasteiger partial charge on any atom is -0.298 e. The van der Waals surface area contributed by atoms with E-state index in [1.54, 1.807) is 0 Å². The summed E-state index contributed by atoms with van der Waals surface area (Å²) in [6.07, 6.45) is 0. The van der Waals surface area contributed by atoms with E-state index in [0.29, 0.717) is 11.8 Å². The van der Waals surface area contributed by atoms with Crippen LogP contribution in [0.4, 0.5) is 0 Å². The van der Waals surface area contributed by atoms with Crippen molar-refractivity contribution < 1.29 is 4.79 Å². The fourth-order valence-electron chi connectivity index (χ4n) is 1.73. The molecular weight excluding hydrogens is 162 g/mol. The predicted octanol–water partition coefficient (Wildman–Crippen LogP) is 2.33. The number of hydrogen-bond donors (Lipinski definition) is 0. The molecule has 2 nitrogen and oxygen atoms in total. The molecule has 0 aromatic carbocycles. The molecule has 0 bridgehead atoms. The molecular formula is C11H23NO. The Morgan fingerprint density at radius 2 is 1.62 bits per heavy atom. The normalized spacial score (nSPS) is 14.2. The van der Waals surface area contributed by atoms with E-state index in [0.717, 1.165) is 6.54 Å². The van der Waals surface area contributed by atoms with Gasteiger partial charge in [0.15, 0.2) is 5.78 Å². The van der Waals surface area contributed by atoms with Gasteiger partial charge in [0.2, 0.25) is 0 Å². The van der Waals surface area contributed by atoms with Gasteiger partial charge in [0.1, 0.15) is 0 Å². The summed E-state index contributed by atoms with van der Waals surface area (Å²) < 4.78 is 0. The maximum atomic E-state index is 11.7. The van der Waals surface area contributed by atoms with Gasteiger partial charge in [-0.05, 0) is 27.3 Å². The zero-order chi connectivity index (χ0) is 10.6. The zero-order valence-electron chi connectivity index (χ0n) is 9.79. The largest absolute Gasteiger partial charge is 0.298 e. The summed E-state index contributed by atoms with van der Waals surface area (Å²) in [4.78, 5) is 13.9. The van der Waals surface area contributed by atoms with Crippen molar-refractivity contribution in [3.63, 3.8) is 0 Å². The van der Waals surface area contributed by atoms with Gasteiger partial charge >= 0.3 is 0 Å². The molecule has 1 atom stereocenters. The van der Waals surface area contributed by atoms with Gasteiger partial charge in [0.25, 0.3) is 0 Å². The molecule has 0 heterocycles. The third kappa shape index (κ3) is 3.47. The third-order valence-corrected chi connectivity index (χ3v) is 2.51. The molecule has 1 unspecified atom stereocenters. The minimum atomic E-state index is 0.0602. The lowest BCUT2D eigenvalue weighted by molar-refractivity contribution is -0.127. The first kappa shape index (κ1) is 12.6. The number of carbonyl (C=O) groups excluding carboxylic acids is 1. The fourth-order valence-corrected chi connectivity index (χ4v) is 1.73. The van der Waals surface area contributed by atoms with Crippen molar-refractivity contribution in [3.8, 4) is 0 Å². The quantitative estimate of drug-likeness (QED) is 0.655. The van der Waals surface area contributed by atoms with Crippen LogP contribution < -0.4 is 0 Å². The highest BCUT2D eigenvalue weighted by Gasteiger charge is 2.23. The standard InChI is InChI=1S/C11H23NO/c1-7-12(9(4)5)10(6)11(13)8(2)3/h8-10H,7H2,1-6H3. The zero-order valence-corrected chi connectivity index (χ0v) is 9.79. The Labute approximate surface area is 82.3 Å². The summed E-state index contributed by atoms with van der Waals surface area (Å²) in [5.41, 5.74) is 0. The van der Waals surface area contributed by atoms with E-state index in [-0.39, 0.29) is 12.0 Å². The van der Waals surface area contributed by atoms with Crippen molar-refractivity contribution in [2.45, 2.75) is 53.6 Å². The van der Waals surface area contributed by atoms with E-state index >= 15 is 0 Å². The summed E-state index contributed by atoms with van der Waals surface area (Å²) in [5.74, 6) is 0.485. The number of hydrogen-bond acceptors (Lipinski definition) is 2. The van der Waals surface area contributed by atoms with Gasteiger partial charge in [0.05, 0.1) is 6.04 Å². The average Bonchev–Trinajstić information content (AvgIpc) is 2.03. The van der Waals surface area contributed by atoms with Crippen LogP contribution in [-0.2, 0) is 4.79 Å². The van der Waals surface area contributed by atoms with Gasteiger partial charge in [-0.15, -0.1) is 0 Å². The van der Waals surface area contributed by atoms with E-state index < -0.39 is 0 Å². The van der Waals surface area contributed by atoms with Crippen LogP contribution in [0.15, 0.2) is 0 Å². The van der Waals surface area contributed by atoms with Gasteiger partial charge in [-0.1, -0.05) is 20.8 Å². The Morgan fingerprint density at radius 3 is 1.85 bits per heavy atom. The molecule has 0 aliphatic heterocycles. The fraction of sp³-hybridized carbons (Fsp3) is 0.909. The molecule has 0 aromatic rings. The third-order valence-electron chi connectivity index (χ3n) is 2.51. The van der Waals surface area contributed by atoms with E-state index in [1.807, 2.05) is 20.8 Å². The number of ketones is 1. The van der Waals surface area contributed by atoms with Gasteiger partial charge in [-0.2, -0.15) is 0 Å². The Bertz CT molecular complexity index is 163. The number of carbonyl (C=O) groups is 1. The maximum Gasteiger partial charge on any atom is 0.152 e. The lowest BCUT2D eigenvalue weighted by Crippen LogP contribution is -2.44. The monoisotopic (exact) mass is 185 g/mol. The molecule has 0 aromatic heterocycles. The number of likely N-dealkylation sites (N-methyl/N-ethyl adjacent to an activating group) is 1. The number of Topliss-reactive ketones (excluding diaryl/α,β-unsaturated/α-hetero) is 1. The topological polar surface area (TPSA) is 20.3 Å². The Morgan fingerprint density at radius 1 is 1.15 bits per heavy atom. The molecule has 0 rings (SSSR count). The molecule has 2 heteroatoms. The SMILES string of the molecule is CCN(C(C)C)C(C)C(=O)C(C)C. The second-order valence-electron chi connectivity index (χ2n) is 4.16. The molecule has 0 aliphatic rings. The first-order chi connectivity index (χ1) is 5.91. The highest BCUT2D eigenvalue weighted by molar-refractivity contribution is 5.85. The highest BCUT2D eigenvalue weighted by atomic mass is 16.1. The summed E-state index contributed by atoms with van der Waals surface area (Å²) in [5, 5.41) is 0. The Kier molecular flexibility index (Phi) is 5.23. The second-order valence-corrected chi connectivity index (χ2v) is 4.16. The molecule has 13 heavy (non-hydrogen) atoms. The van der Waals surface area contributed by atoms with Crippen molar-refractivity contribution in [2.24, 2.45) is 5.92 Å². The van der Waals surface area contributed by atoms with Crippen LogP contribution in [0, 0.1) is 5.92 Å². The van der Waals surface area contributed by atoms with Gasteiger partial charge in [-0.3, -0.25) is 9.69 Å². The molecule has 0 fully saturated rings. The second kappa shape index (κ2) is 5.38. The summed E-state index contributed by atoms with van der Waals surface area (Å²) in [6.45, 7) is 13.2. The van der Waals surface area contributed by atoms with E-state index in [4.69, 9.17) is 0 Å². The van der Waals surface area contributed by atoms with Crippen molar-refractivity contribution in [2.75, 3.05) is 6.54 Å². The molecule has 78 valence electrons. The highest BCUT2D eigenvalue weighted by Crippen LogP contribution is 2.10. The van der Waals surface area contributed by atoms with Crippen LogP contribution in [0.1, 0.15) is 41.5 Å². The Hall–Kier alpha value is -0.370. The lowest BCUT2D eigenvalue weighted by Gasteiger charge is -2.31. The molecule has 0 saturated carbocycles. The van der Waals surface area contributed by atoms with Crippen molar-refractivity contribution in [3.05, 3.63) is 0 Å². The molecule has 0 spiro atoms. The van der Waals surface area contributed by atoms with Crippen LogP contribution in [-0.4, -0.2) is 29.3 Å². The van der Waals surface area contributed by atoms with E-state index in [2.05, 4.69) is 25.7 Å². The van der Waals surface area contributed by atoms with Crippen molar-refractivity contribution >= 4 is 5.78 Å². The number of rotatable bonds is 5. The molecule has 0 saturated heterocycles. The molecule has 0 N–H and O–H groups in total. The first-order valence-electron chi connectivity index (χ1n) is 5.21. The smallest absolute Gasteiger partial charge is 0.152 e. The Balaban J connectivity index is 4.36. The summed E-state index contributed by atoms with van der Waals surface area (Å²) in [7, 11) is 0. The summed E-state index contributed by atoms with van der Waals surface area (Å²) in [6, 6.07) is 0.507. The summed E-state index contributed by atoms with van der Waals surface area (Å²) >= 11 is 0. The van der Waals surface area contributed by atoms with E-state index in [1.165, 1.54) is 0 Å². The first-order valence-corrected chi connectivity index (χ1v) is 5.21. The number of nitrogens with zero attached hydrogens (tertiary/aromatic N) is 1. The molecule has 0 radical (unpaired) electrons. The van der Waals surface area contributed by atoms with Crippen LogP contribution in [0.25, 0.3) is 0 Å². The lowest BCUT2D eigenvalue weighted by atomic mass is 10.0. The maximum absolute atomic E-state index is 11.7. The van der Waals surface area contributed by atoms with Crippen LogP contribution in [0.2, 0.25) is 0 Å². The van der Waals surface area contributed by atoms with Gasteiger partial charge in [-0.25, -0.2) is 0 Å². The minimum absolute atomic E-state index is 0.0602. The van der Waals surface area contributed by atoms with Crippen molar-refractivity contribution in [1.29, 1.82) is 0 Å². The van der Waals surface area contributed by atoms with Gasteiger partial charge in [0, 0.05) is 12.0 Å². The van der Waals surface area contributed by atoms with Crippen LogP contribution >= 0.6 is 0 Å². The van der Waals surface area contributed by atoms with Crippen LogP contribution in [0.3, 0.4) is 0 Å². The molecule has 0 amide bonds. The van der Waals surface area contributed by atoms with Gasteiger partial charge < -0.3 is 0 Å². The predicted molar refractivity (Wildman–Crippen MR) is 56.8 cm³/mol. The van der Waals surface area contributed by atoms with Crippen molar-refractivity contribution in [1.82, 2.24) is 4.90 Å². The van der Waals surface area contributed by atoms with Crippen LogP contribution in [0.5, 0.6) is 0 Å².